The van der Waals surface area contributed by atoms with Gasteiger partial charge in [0.15, 0.2) is 0 Å². The number of nitrogens with two attached hydrogens (primary N) is 1. The Kier molecular flexibility index (Phi) is 3.30. The Labute approximate surface area is 98.7 Å². The number of nitrogens with zero attached hydrogens (tertiary/aromatic N) is 2. The van der Waals surface area contributed by atoms with Crippen molar-refractivity contribution in [3.05, 3.63) is 48.3 Å². The molecule has 1 amide bonds. The van der Waals surface area contributed by atoms with Gasteiger partial charge >= 0.3 is 0 Å². The zero-order valence-corrected chi connectivity index (χ0v) is 9.13. The fourth-order valence-electron chi connectivity index (χ4n) is 1.41. The summed E-state index contributed by atoms with van der Waals surface area (Å²) in [6.07, 6.45) is 1.62. The number of hydrogen-bond acceptors (Lipinski definition) is 4. The van der Waals surface area contributed by atoms with E-state index in [-0.39, 0.29) is 5.91 Å². The van der Waals surface area contributed by atoms with Crippen molar-refractivity contribution in [1.29, 1.82) is 0 Å². The van der Waals surface area contributed by atoms with Crippen LogP contribution in [0.3, 0.4) is 0 Å². The standard InChI is InChI=1S/C12H12N4O/c13-10-7-11(15-8-14-10)16-12(17)6-9-4-2-1-3-5-9/h1-5,7-8H,6H2,(H3,13,14,15,16,17). The number of anilines is 2. The second kappa shape index (κ2) is 5.07. The number of aromatic nitrogens is 2. The van der Waals surface area contributed by atoms with Crippen molar-refractivity contribution >= 4 is 17.5 Å². The van der Waals surface area contributed by atoms with Gasteiger partial charge in [0.05, 0.1) is 6.42 Å². The van der Waals surface area contributed by atoms with Crippen LogP contribution in [-0.2, 0) is 11.2 Å². The monoisotopic (exact) mass is 228 g/mol. The van der Waals surface area contributed by atoms with Gasteiger partial charge in [0.2, 0.25) is 5.91 Å². The zero-order chi connectivity index (χ0) is 12.1. The summed E-state index contributed by atoms with van der Waals surface area (Å²) in [6, 6.07) is 11.0. The van der Waals surface area contributed by atoms with E-state index < -0.39 is 0 Å². The second-order valence-electron chi connectivity index (χ2n) is 3.54. The molecule has 1 aromatic heterocycles. The third-order valence-electron chi connectivity index (χ3n) is 2.16. The number of hydrogen-bond donors (Lipinski definition) is 2. The smallest absolute Gasteiger partial charge is 0.229 e. The van der Waals surface area contributed by atoms with Crippen LogP contribution < -0.4 is 11.1 Å². The Balaban J connectivity index is 1.98. The molecule has 5 nitrogen and oxygen atoms in total. The van der Waals surface area contributed by atoms with Gasteiger partial charge in [0.1, 0.15) is 18.0 Å². The number of benzene rings is 1. The Morgan fingerprint density at radius 1 is 1.24 bits per heavy atom. The maximum atomic E-state index is 11.7. The van der Waals surface area contributed by atoms with E-state index in [0.717, 1.165) is 5.56 Å². The highest BCUT2D eigenvalue weighted by molar-refractivity contribution is 5.91. The molecule has 86 valence electrons. The van der Waals surface area contributed by atoms with Crippen LogP contribution in [0.1, 0.15) is 5.56 Å². The van der Waals surface area contributed by atoms with Crippen LogP contribution in [0, 0.1) is 0 Å². The van der Waals surface area contributed by atoms with E-state index in [1.54, 1.807) is 0 Å². The van der Waals surface area contributed by atoms with Gasteiger partial charge in [-0.15, -0.1) is 0 Å². The van der Waals surface area contributed by atoms with Crippen molar-refractivity contribution in [3.63, 3.8) is 0 Å². The van der Waals surface area contributed by atoms with Crippen molar-refractivity contribution in [1.82, 2.24) is 9.97 Å². The molecule has 0 aliphatic heterocycles. The summed E-state index contributed by atoms with van der Waals surface area (Å²) in [7, 11) is 0. The quantitative estimate of drug-likeness (QED) is 0.828. The van der Waals surface area contributed by atoms with E-state index in [0.29, 0.717) is 18.1 Å². The molecule has 0 atom stereocenters. The van der Waals surface area contributed by atoms with E-state index in [2.05, 4.69) is 15.3 Å². The topological polar surface area (TPSA) is 80.9 Å². The summed E-state index contributed by atoms with van der Waals surface area (Å²) in [5.74, 6) is 0.614. The van der Waals surface area contributed by atoms with Crippen LogP contribution >= 0.6 is 0 Å². The lowest BCUT2D eigenvalue weighted by molar-refractivity contribution is -0.115. The molecule has 0 bridgehead atoms. The molecule has 3 N–H and O–H groups in total. The van der Waals surface area contributed by atoms with E-state index in [9.17, 15) is 4.79 Å². The first-order chi connectivity index (χ1) is 8.24. The van der Waals surface area contributed by atoms with Crippen LogP contribution in [0.25, 0.3) is 0 Å². The van der Waals surface area contributed by atoms with Crippen molar-refractivity contribution < 1.29 is 4.79 Å². The molecular formula is C12H12N4O. The summed E-state index contributed by atoms with van der Waals surface area (Å²) in [6.45, 7) is 0. The average molecular weight is 228 g/mol. The number of nitrogen functional groups attached to an aromatic ring is 1. The lowest BCUT2D eigenvalue weighted by Gasteiger charge is -2.04. The maximum Gasteiger partial charge on any atom is 0.229 e. The van der Waals surface area contributed by atoms with Crippen LogP contribution in [0.4, 0.5) is 11.6 Å². The largest absolute Gasteiger partial charge is 0.384 e. The van der Waals surface area contributed by atoms with Gasteiger partial charge in [-0.2, -0.15) is 0 Å². The van der Waals surface area contributed by atoms with Crippen LogP contribution in [-0.4, -0.2) is 15.9 Å². The predicted octanol–water partition coefficient (Wildman–Crippen LogP) is 1.24. The lowest BCUT2D eigenvalue weighted by atomic mass is 10.1. The SMILES string of the molecule is Nc1cc(NC(=O)Cc2ccccc2)ncn1. The minimum atomic E-state index is -0.130. The summed E-state index contributed by atoms with van der Waals surface area (Å²) in [4.78, 5) is 19.3. The number of amides is 1. The molecule has 0 aliphatic rings. The van der Waals surface area contributed by atoms with E-state index >= 15 is 0 Å². The maximum absolute atomic E-state index is 11.7. The molecule has 0 unspecified atom stereocenters. The predicted molar refractivity (Wildman–Crippen MR) is 65.2 cm³/mol. The zero-order valence-electron chi connectivity index (χ0n) is 9.13. The molecule has 1 heterocycles. The minimum absolute atomic E-state index is 0.130. The fraction of sp³-hybridized carbons (Fsp3) is 0.0833. The Morgan fingerprint density at radius 2 is 2.00 bits per heavy atom. The van der Waals surface area contributed by atoms with Crippen molar-refractivity contribution in [2.45, 2.75) is 6.42 Å². The van der Waals surface area contributed by atoms with Gasteiger partial charge < -0.3 is 11.1 Å². The molecule has 0 spiro atoms. The first-order valence-electron chi connectivity index (χ1n) is 5.15. The van der Waals surface area contributed by atoms with Crippen molar-refractivity contribution in [3.8, 4) is 0 Å². The van der Waals surface area contributed by atoms with Gasteiger partial charge in [0.25, 0.3) is 0 Å². The number of carbonyl (C=O) groups excluding carboxylic acids is 1. The van der Waals surface area contributed by atoms with Crippen LogP contribution in [0.15, 0.2) is 42.7 Å². The second-order valence-corrected chi connectivity index (χ2v) is 3.54. The van der Waals surface area contributed by atoms with Gasteiger partial charge in [-0.3, -0.25) is 4.79 Å². The highest BCUT2D eigenvalue weighted by Gasteiger charge is 2.04. The van der Waals surface area contributed by atoms with Gasteiger partial charge in [0, 0.05) is 6.07 Å². The normalized spacial score (nSPS) is 9.88. The Hall–Kier alpha value is -2.43. The molecule has 17 heavy (non-hydrogen) atoms. The molecule has 0 saturated carbocycles. The number of nitrogens with one attached hydrogen (secondary N) is 1. The van der Waals surface area contributed by atoms with E-state index in [1.165, 1.54) is 12.4 Å². The van der Waals surface area contributed by atoms with E-state index in [4.69, 9.17) is 5.73 Å². The fourth-order valence-corrected chi connectivity index (χ4v) is 1.41. The first kappa shape index (κ1) is 11.1. The summed E-state index contributed by atoms with van der Waals surface area (Å²) in [5.41, 5.74) is 6.44. The molecule has 2 aromatic rings. The Bertz CT molecular complexity index is 513. The third-order valence-corrected chi connectivity index (χ3v) is 2.16. The first-order valence-corrected chi connectivity index (χ1v) is 5.15. The summed E-state index contributed by atoms with van der Waals surface area (Å²) < 4.78 is 0. The van der Waals surface area contributed by atoms with Gasteiger partial charge in [-0.25, -0.2) is 9.97 Å². The summed E-state index contributed by atoms with van der Waals surface area (Å²) >= 11 is 0. The summed E-state index contributed by atoms with van der Waals surface area (Å²) in [5, 5.41) is 2.66. The number of rotatable bonds is 3. The molecule has 0 fully saturated rings. The number of carbonyl (C=O) groups is 1. The van der Waals surface area contributed by atoms with Crippen molar-refractivity contribution in [2.75, 3.05) is 11.1 Å². The molecule has 1 aromatic carbocycles. The highest BCUT2D eigenvalue weighted by Crippen LogP contribution is 2.06. The minimum Gasteiger partial charge on any atom is -0.384 e. The van der Waals surface area contributed by atoms with Crippen LogP contribution in [0.5, 0.6) is 0 Å². The average Bonchev–Trinajstić information content (AvgIpc) is 2.30. The molecule has 0 aliphatic carbocycles. The van der Waals surface area contributed by atoms with E-state index in [1.807, 2.05) is 30.3 Å². The molecule has 5 heteroatoms. The van der Waals surface area contributed by atoms with Crippen LogP contribution in [0.2, 0.25) is 0 Å². The Morgan fingerprint density at radius 3 is 2.71 bits per heavy atom. The molecule has 0 radical (unpaired) electrons. The van der Waals surface area contributed by atoms with Gasteiger partial charge in [-0.1, -0.05) is 30.3 Å². The molecule has 2 rings (SSSR count). The molecule has 0 saturated heterocycles. The lowest BCUT2D eigenvalue weighted by Crippen LogP contribution is -2.15. The molecular weight excluding hydrogens is 216 g/mol. The van der Waals surface area contributed by atoms with Crippen molar-refractivity contribution in [2.24, 2.45) is 0 Å². The van der Waals surface area contributed by atoms with Gasteiger partial charge in [-0.05, 0) is 5.56 Å². The third kappa shape index (κ3) is 3.27. The highest BCUT2D eigenvalue weighted by atomic mass is 16.1.